The van der Waals surface area contributed by atoms with E-state index in [9.17, 15) is 18.3 Å². The van der Waals surface area contributed by atoms with E-state index in [2.05, 4.69) is 20.4 Å². The van der Waals surface area contributed by atoms with E-state index in [4.69, 9.17) is 0 Å². The average Bonchev–Trinajstić information content (AvgIpc) is 3.13. The summed E-state index contributed by atoms with van der Waals surface area (Å²) in [6.07, 6.45) is 4.92. The molecule has 4 rings (SSSR count). The molecule has 3 heterocycles. The zero-order valence-electron chi connectivity index (χ0n) is 15.7. The number of amides is 1. The molecule has 0 aliphatic carbocycles. The van der Waals surface area contributed by atoms with Crippen molar-refractivity contribution >= 4 is 32.8 Å². The van der Waals surface area contributed by atoms with Crippen LogP contribution < -0.4 is 5.32 Å². The van der Waals surface area contributed by atoms with Crippen molar-refractivity contribution in [3.05, 3.63) is 36.8 Å². The normalized spacial score (nSPS) is 17.4. The minimum Gasteiger partial charge on any atom is -0.465 e. The third-order valence-corrected chi connectivity index (χ3v) is 6.04. The first kappa shape index (κ1) is 19.1. The zero-order valence-corrected chi connectivity index (χ0v) is 16.5. The number of sulfone groups is 1. The minimum atomic E-state index is -3.28. The molecule has 0 bridgehead atoms. The summed E-state index contributed by atoms with van der Waals surface area (Å²) < 4.78 is 24.9. The van der Waals surface area contributed by atoms with Gasteiger partial charge in [-0.05, 0) is 37.1 Å². The number of nitrogens with zero attached hydrogens (tertiary/aromatic N) is 5. The SMILES string of the molecule is CS(=O)(=O)c1ccc(-n2ncc3c(NC4CCCN(C(=O)O)C4)ncnc32)cc1. The summed E-state index contributed by atoms with van der Waals surface area (Å²) >= 11 is 0. The molecule has 3 aromatic rings. The molecule has 11 heteroatoms. The standard InChI is InChI=1S/C18H20N6O4S/c1-29(27,28)14-6-4-13(5-7-14)24-17-15(9-21-24)16(19-11-20-17)22-12-3-2-8-23(10-12)18(25)26/h4-7,9,11-12H,2-3,8,10H2,1H3,(H,25,26)(H,19,20,22). The summed E-state index contributed by atoms with van der Waals surface area (Å²) in [5, 5.41) is 17.6. The van der Waals surface area contributed by atoms with Crippen LogP contribution in [-0.4, -0.2) is 69.7 Å². The molecule has 1 amide bonds. The fourth-order valence-electron chi connectivity index (χ4n) is 3.44. The molecule has 29 heavy (non-hydrogen) atoms. The van der Waals surface area contributed by atoms with Crippen molar-refractivity contribution in [2.45, 2.75) is 23.8 Å². The maximum absolute atomic E-state index is 11.7. The summed E-state index contributed by atoms with van der Waals surface area (Å²) in [5.41, 5.74) is 1.24. The molecule has 2 aromatic heterocycles. The average molecular weight is 416 g/mol. The number of aromatic nitrogens is 4. The van der Waals surface area contributed by atoms with Gasteiger partial charge in [0.1, 0.15) is 12.1 Å². The Morgan fingerprint density at radius 2 is 2.00 bits per heavy atom. The van der Waals surface area contributed by atoms with Crippen molar-refractivity contribution in [3.8, 4) is 5.69 Å². The van der Waals surface area contributed by atoms with E-state index >= 15 is 0 Å². The van der Waals surface area contributed by atoms with Gasteiger partial charge in [0.05, 0.1) is 22.2 Å². The van der Waals surface area contributed by atoms with Crippen LogP contribution in [0.1, 0.15) is 12.8 Å². The molecule has 2 N–H and O–H groups in total. The maximum Gasteiger partial charge on any atom is 0.407 e. The van der Waals surface area contributed by atoms with Crippen molar-refractivity contribution in [1.29, 1.82) is 0 Å². The lowest BCUT2D eigenvalue weighted by atomic mass is 10.1. The molecular weight excluding hydrogens is 396 g/mol. The highest BCUT2D eigenvalue weighted by atomic mass is 32.2. The molecule has 1 saturated heterocycles. The number of piperidine rings is 1. The van der Waals surface area contributed by atoms with Crippen molar-refractivity contribution in [3.63, 3.8) is 0 Å². The molecule has 1 aliphatic heterocycles. The van der Waals surface area contributed by atoms with Gasteiger partial charge in [-0.15, -0.1) is 0 Å². The van der Waals surface area contributed by atoms with Crippen molar-refractivity contribution < 1.29 is 18.3 Å². The molecule has 152 valence electrons. The van der Waals surface area contributed by atoms with Crippen LogP contribution in [0.2, 0.25) is 0 Å². The van der Waals surface area contributed by atoms with Crippen LogP contribution in [0.5, 0.6) is 0 Å². The van der Waals surface area contributed by atoms with Crippen LogP contribution in [0.4, 0.5) is 10.6 Å². The van der Waals surface area contributed by atoms with Crippen LogP contribution >= 0.6 is 0 Å². The molecular formula is C18H20N6O4S. The third kappa shape index (κ3) is 3.86. The Hall–Kier alpha value is -3.21. The van der Waals surface area contributed by atoms with Gasteiger partial charge in [-0.25, -0.2) is 27.9 Å². The number of likely N-dealkylation sites (tertiary alicyclic amines) is 1. The predicted molar refractivity (Wildman–Crippen MR) is 106 cm³/mol. The Kier molecular flexibility index (Phi) is 4.82. The first-order valence-corrected chi connectivity index (χ1v) is 11.0. The highest BCUT2D eigenvalue weighted by Gasteiger charge is 2.24. The predicted octanol–water partition coefficient (Wildman–Crippen LogP) is 1.77. The van der Waals surface area contributed by atoms with Gasteiger partial charge in [0, 0.05) is 25.4 Å². The second-order valence-electron chi connectivity index (χ2n) is 6.99. The molecule has 1 aromatic carbocycles. The number of hydrogen-bond acceptors (Lipinski definition) is 7. The lowest BCUT2D eigenvalue weighted by molar-refractivity contribution is 0.133. The first-order valence-electron chi connectivity index (χ1n) is 9.06. The number of rotatable bonds is 4. The number of benzene rings is 1. The van der Waals surface area contributed by atoms with Gasteiger partial charge < -0.3 is 15.3 Å². The first-order chi connectivity index (χ1) is 13.8. The highest BCUT2D eigenvalue weighted by molar-refractivity contribution is 7.90. The number of fused-ring (bicyclic) bond motifs is 1. The lowest BCUT2D eigenvalue weighted by Crippen LogP contribution is -2.44. The van der Waals surface area contributed by atoms with Crippen LogP contribution in [0.3, 0.4) is 0 Å². The van der Waals surface area contributed by atoms with Gasteiger partial charge in [-0.2, -0.15) is 5.10 Å². The van der Waals surface area contributed by atoms with E-state index in [1.54, 1.807) is 23.0 Å². The van der Waals surface area contributed by atoms with E-state index in [1.165, 1.54) is 23.4 Å². The van der Waals surface area contributed by atoms with E-state index < -0.39 is 15.9 Å². The molecule has 0 saturated carbocycles. The van der Waals surface area contributed by atoms with E-state index in [1.807, 2.05) is 0 Å². The van der Waals surface area contributed by atoms with Crippen LogP contribution in [0, 0.1) is 0 Å². The van der Waals surface area contributed by atoms with Crippen LogP contribution in [0.25, 0.3) is 16.7 Å². The monoisotopic (exact) mass is 416 g/mol. The second-order valence-corrected chi connectivity index (χ2v) is 9.01. The largest absolute Gasteiger partial charge is 0.465 e. The minimum absolute atomic E-state index is 0.0460. The third-order valence-electron chi connectivity index (χ3n) is 4.91. The van der Waals surface area contributed by atoms with Gasteiger partial charge in [0.15, 0.2) is 15.5 Å². The summed E-state index contributed by atoms with van der Waals surface area (Å²) in [5.74, 6) is 0.589. The van der Waals surface area contributed by atoms with Gasteiger partial charge >= 0.3 is 6.09 Å². The molecule has 0 radical (unpaired) electrons. The Labute approximate surface area is 167 Å². The quantitative estimate of drug-likeness (QED) is 0.658. The molecule has 10 nitrogen and oxygen atoms in total. The van der Waals surface area contributed by atoms with Gasteiger partial charge in [-0.1, -0.05) is 0 Å². The number of anilines is 1. The second kappa shape index (κ2) is 7.32. The number of carbonyl (C=O) groups is 1. The van der Waals surface area contributed by atoms with E-state index in [-0.39, 0.29) is 10.9 Å². The van der Waals surface area contributed by atoms with Gasteiger partial charge in [0.2, 0.25) is 0 Å². The summed E-state index contributed by atoms with van der Waals surface area (Å²) in [4.78, 5) is 21.5. The maximum atomic E-state index is 11.7. The Balaban J connectivity index is 1.62. The molecule has 1 atom stereocenters. The topological polar surface area (TPSA) is 130 Å². The van der Waals surface area contributed by atoms with Gasteiger partial charge in [0.25, 0.3) is 0 Å². The fourth-order valence-corrected chi connectivity index (χ4v) is 4.08. The van der Waals surface area contributed by atoms with Crippen LogP contribution in [0.15, 0.2) is 41.7 Å². The molecule has 1 unspecified atom stereocenters. The Morgan fingerprint density at radius 1 is 1.24 bits per heavy atom. The van der Waals surface area contributed by atoms with E-state index in [0.29, 0.717) is 35.6 Å². The number of carboxylic acid groups (broad SMARTS) is 1. The van der Waals surface area contributed by atoms with Crippen molar-refractivity contribution in [2.75, 3.05) is 24.7 Å². The molecule has 0 spiro atoms. The van der Waals surface area contributed by atoms with E-state index in [0.717, 1.165) is 19.1 Å². The van der Waals surface area contributed by atoms with Gasteiger partial charge in [-0.3, -0.25) is 0 Å². The smallest absolute Gasteiger partial charge is 0.407 e. The number of hydrogen-bond donors (Lipinski definition) is 2. The Bertz CT molecular complexity index is 1160. The molecule has 1 fully saturated rings. The van der Waals surface area contributed by atoms with Crippen LogP contribution in [-0.2, 0) is 9.84 Å². The summed E-state index contributed by atoms with van der Waals surface area (Å²) in [6.45, 7) is 0.927. The summed E-state index contributed by atoms with van der Waals surface area (Å²) in [6, 6.07) is 6.35. The Morgan fingerprint density at radius 3 is 2.69 bits per heavy atom. The number of nitrogens with one attached hydrogen (secondary N) is 1. The van der Waals surface area contributed by atoms with Crippen molar-refractivity contribution in [2.24, 2.45) is 0 Å². The summed E-state index contributed by atoms with van der Waals surface area (Å²) in [7, 11) is -3.28. The van der Waals surface area contributed by atoms with Crippen molar-refractivity contribution in [1.82, 2.24) is 24.6 Å². The fraction of sp³-hybridized carbons (Fsp3) is 0.333. The lowest BCUT2D eigenvalue weighted by Gasteiger charge is -2.31. The highest BCUT2D eigenvalue weighted by Crippen LogP contribution is 2.24. The molecule has 1 aliphatic rings. The zero-order chi connectivity index (χ0) is 20.6.